The predicted octanol–water partition coefficient (Wildman–Crippen LogP) is -1.47. The summed E-state index contributed by atoms with van der Waals surface area (Å²) < 4.78 is 102. The maximum absolute atomic E-state index is 12.8. The Morgan fingerprint density at radius 1 is 0.323 bits per heavy atom. The van der Waals surface area contributed by atoms with Gasteiger partial charge in [-0.15, -0.1) is 0 Å². The second-order valence-corrected chi connectivity index (χ2v) is 10.0. The van der Waals surface area contributed by atoms with Gasteiger partial charge in [-0.05, 0) is 48.5 Å². The summed E-state index contributed by atoms with van der Waals surface area (Å²) in [5.74, 6) is -29.2. The van der Waals surface area contributed by atoms with Crippen LogP contribution in [0, 0.1) is 46.5 Å². The van der Waals surface area contributed by atoms with Gasteiger partial charge in [0, 0.05) is 47.0 Å². The molecule has 0 amide bonds. The monoisotopic (exact) mass is 978 g/mol. The van der Waals surface area contributed by atoms with Crippen molar-refractivity contribution in [1.82, 2.24) is 19.9 Å². The van der Waals surface area contributed by atoms with Crippen LogP contribution in [0.1, 0.15) is 41.4 Å². The molecule has 0 bridgehead atoms. The fraction of sp³-hybridized carbons (Fsp3) is 0. The molecule has 0 aliphatic rings. The minimum Gasteiger partial charge on any atom is -0.545 e. The van der Waals surface area contributed by atoms with Crippen molar-refractivity contribution < 1.29 is 130 Å². The number of benzene rings is 2. The molecule has 2 aromatic carbocycles. The molecule has 334 valence electrons. The van der Waals surface area contributed by atoms with Gasteiger partial charge in [-0.2, -0.15) is 0 Å². The third kappa shape index (κ3) is 15.4. The molecule has 0 atom stereocenters. The minimum absolute atomic E-state index is 0. The molecule has 6 rings (SSSR count). The molecule has 4 aromatic heterocycles. The van der Waals surface area contributed by atoms with Crippen LogP contribution in [0.15, 0.2) is 97.6 Å². The molecule has 26 heteroatoms. The van der Waals surface area contributed by atoms with E-state index in [9.17, 15) is 74.7 Å². The summed E-state index contributed by atoms with van der Waals surface area (Å²) in [4.78, 5) is 57.8. The van der Waals surface area contributed by atoms with E-state index in [1.807, 2.05) is 72.8 Å². The molecule has 62 heavy (non-hydrogen) atoms. The van der Waals surface area contributed by atoms with Gasteiger partial charge in [-0.3, -0.25) is 19.9 Å². The number of aromatic carboxylic acids is 4. The van der Waals surface area contributed by atoms with E-state index < -0.39 is 92.7 Å². The first-order valence-corrected chi connectivity index (χ1v) is 14.7. The summed E-state index contributed by atoms with van der Waals surface area (Å²) in [6, 6.07) is 23.2. The molecule has 0 aliphatic heterocycles. The third-order valence-electron chi connectivity index (χ3n) is 6.54. The molecule has 6 aromatic rings. The van der Waals surface area contributed by atoms with Crippen molar-refractivity contribution in [3.8, 4) is 22.8 Å². The molecule has 16 nitrogen and oxygen atoms in total. The zero-order valence-electron chi connectivity index (χ0n) is 30.3. The fourth-order valence-electron chi connectivity index (χ4n) is 4.09. The van der Waals surface area contributed by atoms with Gasteiger partial charge in [-0.1, -0.05) is 24.3 Å². The average molecular weight is 978 g/mol. The number of pyridine rings is 4. The zero-order chi connectivity index (χ0) is 41.7. The standard InChI is InChI=1S/2C10H8N2.2C8H2F4O4.2Co.4H2O/c2*1-3-7-11-9(5-1)10-6-2-4-8-12-10;2*9-3-1(7(13)14)2(8(15)16)4(10)6(12)5(3)11;;;;;;/h2*1-8H;2*(H,13,14)(H,15,16);;;4*1H2/q;;;;2*+2;;;;. The number of nitrogens with zero attached hydrogens (tertiary/aromatic N) is 4. The first-order chi connectivity index (χ1) is 26.5. The minimum atomic E-state index is -2.51. The van der Waals surface area contributed by atoms with Crippen LogP contribution in [0.25, 0.3) is 22.8 Å². The van der Waals surface area contributed by atoms with Crippen molar-refractivity contribution in [3.05, 3.63) is 166 Å². The van der Waals surface area contributed by atoms with Gasteiger partial charge in [0.2, 0.25) is 0 Å². The Morgan fingerprint density at radius 2 is 0.484 bits per heavy atom. The summed E-state index contributed by atoms with van der Waals surface area (Å²) in [6.07, 6.45) is 7.07. The van der Waals surface area contributed by atoms with Crippen LogP contribution in [0.3, 0.4) is 0 Å². The molecule has 4 heterocycles. The maximum atomic E-state index is 12.8. The summed E-state index contributed by atoms with van der Waals surface area (Å²) in [5, 5.41) is 41.1. The second kappa shape index (κ2) is 28.6. The Balaban J connectivity index is -0.000000353. The largest absolute Gasteiger partial charge is 2.00 e. The summed E-state index contributed by atoms with van der Waals surface area (Å²) >= 11 is 0. The summed E-state index contributed by atoms with van der Waals surface area (Å²) in [6.45, 7) is 0. The van der Waals surface area contributed by atoms with Crippen molar-refractivity contribution in [2.24, 2.45) is 0 Å². The number of hydrogen-bond acceptors (Lipinski definition) is 12. The first-order valence-electron chi connectivity index (χ1n) is 14.7. The smallest absolute Gasteiger partial charge is 0.545 e. The van der Waals surface area contributed by atoms with E-state index in [4.69, 9.17) is 0 Å². The van der Waals surface area contributed by atoms with Gasteiger partial charge in [0.25, 0.3) is 0 Å². The van der Waals surface area contributed by atoms with E-state index >= 15 is 0 Å². The quantitative estimate of drug-likeness (QED) is 0.0800. The summed E-state index contributed by atoms with van der Waals surface area (Å²) in [7, 11) is 0. The number of rotatable bonds is 6. The molecule has 0 aliphatic carbocycles. The van der Waals surface area contributed by atoms with E-state index in [1.54, 1.807) is 24.8 Å². The normalized spacial score (nSPS) is 9.03. The topological polar surface area (TPSA) is 344 Å². The van der Waals surface area contributed by atoms with Gasteiger partial charge in [0.15, 0.2) is 46.5 Å². The van der Waals surface area contributed by atoms with Crippen molar-refractivity contribution in [2.45, 2.75) is 0 Å². The second-order valence-electron chi connectivity index (χ2n) is 10.0. The molecule has 0 saturated heterocycles. The van der Waals surface area contributed by atoms with Crippen molar-refractivity contribution in [3.63, 3.8) is 0 Å². The predicted molar refractivity (Wildman–Crippen MR) is 184 cm³/mol. The van der Waals surface area contributed by atoms with E-state index in [2.05, 4.69) is 19.9 Å². The van der Waals surface area contributed by atoms with Gasteiger partial charge in [-0.25, -0.2) is 35.1 Å². The SMILES string of the molecule is O=C([O-])c1c(F)c(F)c(F)c(F)c1C(=O)[O-].O=C([O-])c1c(F)c(F)c(F)c(F)c1C(=O)[O-].[Co+2].[Co+2].[OH3+].[OH3+].[OH3+].[OH3+].c1ccc(-c2ccccn2)nc1.c1ccc(-c2ccccn2)nc1. The average Bonchev–Trinajstić information content (AvgIpc) is 3.20. The molecule has 0 spiro atoms. The number of halogens is 8. The molecule has 0 unspecified atom stereocenters. The Kier molecular flexibility index (Phi) is 28.6. The molecule has 2 radical (unpaired) electrons. The number of carboxylic acid groups (broad SMARTS) is 4. The van der Waals surface area contributed by atoms with Crippen molar-refractivity contribution >= 4 is 23.9 Å². The number of carbonyl (C=O) groups excluding carboxylic acids is 4. The van der Waals surface area contributed by atoms with Crippen molar-refractivity contribution in [1.29, 1.82) is 0 Å². The number of hydrogen-bond donors (Lipinski definition) is 0. The molecule has 12 N–H and O–H groups in total. The zero-order valence-corrected chi connectivity index (χ0v) is 32.4. The molecule has 0 fully saturated rings. The van der Waals surface area contributed by atoms with Crippen LogP contribution in [-0.2, 0) is 55.5 Å². The van der Waals surface area contributed by atoms with E-state index in [1.165, 1.54) is 0 Å². The Hall–Kier alpha value is -6.79. The first kappa shape index (κ1) is 61.9. The van der Waals surface area contributed by atoms with Crippen LogP contribution >= 0.6 is 0 Å². The molecule has 0 saturated carbocycles. The Morgan fingerprint density at radius 3 is 0.597 bits per heavy atom. The van der Waals surface area contributed by atoms with Crippen LogP contribution in [0.4, 0.5) is 35.1 Å². The van der Waals surface area contributed by atoms with Crippen LogP contribution in [-0.4, -0.2) is 43.8 Å². The van der Waals surface area contributed by atoms with Crippen LogP contribution < -0.4 is 20.4 Å². The number of aromatic nitrogens is 4. The van der Waals surface area contributed by atoms with Crippen LogP contribution in [0.5, 0.6) is 0 Å². The molecular formula is C36H28Co2F8N4O12+4. The number of carboxylic acids is 4. The number of carbonyl (C=O) groups is 4. The van der Waals surface area contributed by atoms with Gasteiger partial charge in [0.1, 0.15) is 0 Å². The third-order valence-corrected chi connectivity index (χ3v) is 6.54. The summed E-state index contributed by atoms with van der Waals surface area (Å²) in [5.41, 5.74) is -4.08. The maximum Gasteiger partial charge on any atom is 2.00 e. The van der Waals surface area contributed by atoms with Gasteiger partial charge >= 0.3 is 33.6 Å². The van der Waals surface area contributed by atoms with E-state index in [0.717, 1.165) is 22.8 Å². The van der Waals surface area contributed by atoms with Crippen LogP contribution in [0.2, 0.25) is 0 Å². The Bertz CT molecular complexity index is 2060. The van der Waals surface area contributed by atoms with E-state index in [-0.39, 0.29) is 55.5 Å². The van der Waals surface area contributed by atoms with Crippen molar-refractivity contribution in [2.75, 3.05) is 0 Å². The fourth-order valence-corrected chi connectivity index (χ4v) is 4.09. The van der Waals surface area contributed by atoms with E-state index in [0.29, 0.717) is 0 Å². The Labute approximate surface area is 362 Å². The van der Waals surface area contributed by atoms with Gasteiger partial charge < -0.3 is 61.5 Å². The van der Waals surface area contributed by atoms with Gasteiger partial charge in [0.05, 0.1) is 46.7 Å². The molecular weight excluding hydrogens is 950 g/mol.